The maximum absolute atomic E-state index is 11.2. The van der Waals surface area contributed by atoms with Crippen LogP contribution in [0, 0.1) is 34.5 Å². The van der Waals surface area contributed by atoms with Crippen molar-refractivity contribution in [2.24, 2.45) is 34.5 Å². The van der Waals surface area contributed by atoms with Crippen LogP contribution in [-0.2, 0) is 52.2 Å². The number of ether oxygens (including phenoxy) is 9. The van der Waals surface area contributed by atoms with Crippen molar-refractivity contribution in [1.29, 1.82) is 0 Å². The molecule has 8 N–H and O–H groups in total. The third kappa shape index (κ3) is 29.5. The first-order chi connectivity index (χ1) is 40.4. The van der Waals surface area contributed by atoms with Crippen molar-refractivity contribution >= 4 is 11.6 Å². The molecule has 19 heteroatoms. The van der Waals surface area contributed by atoms with E-state index in [1.54, 1.807) is 13.8 Å². The van der Waals surface area contributed by atoms with Crippen LogP contribution in [0.3, 0.4) is 0 Å². The number of carbonyl (C=O) groups excluding carboxylic acids is 2. The average molecular weight is 1240 g/mol. The Bertz CT molecular complexity index is 1730. The fourth-order valence-electron chi connectivity index (χ4n) is 12.4. The highest BCUT2D eigenvalue weighted by atomic mass is 16.6. The van der Waals surface area contributed by atoms with E-state index in [-0.39, 0.29) is 127 Å². The summed E-state index contributed by atoms with van der Waals surface area (Å²) in [4.78, 5) is 22.2. The molecule has 0 bridgehead atoms. The van der Waals surface area contributed by atoms with Gasteiger partial charge in [-0.3, -0.25) is 9.59 Å². The molecule has 8 aliphatic rings. The van der Waals surface area contributed by atoms with Gasteiger partial charge in [0.15, 0.2) is 0 Å². The van der Waals surface area contributed by atoms with Crippen molar-refractivity contribution in [1.82, 2.24) is 0 Å². The molecule has 8 fully saturated rings. The second-order valence-electron chi connectivity index (χ2n) is 27.7. The summed E-state index contributed by atoms with van der Waals surface area (Å²) in [6.45, 7) is 35.4. The Hall–Kier alpha value is -1.34. The van der Waals surface area contributed by atoms with Gasteiger partial charge in [0.25, 0.3) is 0 Å². The van der Waals surface area contributed by atoms with E-state index in [1.807, 2.05) is 69.2 Å². The first-order valence-corrected chi connectivity index (χ1v) is 33.3. The van der Waals surface area contributed by atoms with Crippen LogP contribution in [0.25, 0.3) is 0 Å². The summed E-state index contributed by atoms with van der Waals surface area (Å²) in [7, 11) is 0. The van der Waals surface area contributed by atoms with Crippen molar-refractivity contribution in [3.63, 3.8) is 0 Å². The van der Waals surface area contributed by atoms with Gasteiger partial charge in [0.1, 0.15) is 17.7 Å². The van der Waals surface area contributed by atoms with E-state index in [1.165, 1.54) is 0 Å². The predicted octanol–water partition coefficient (Wildman–Crippen LogP) is 8.26. The van der Waals surface area contributed by atoms with Gasteiger partial charge in [0.2, 0.25) is 0 Å². The lowest BCUT2D eigenvalue weighted by Crippen LogP contribution is -2.45. The molecule has 86 heavy (non-hydrogen) atoms. The maximum Gasteiger partial charge on any atom is 0.138 e. The Balaban J connectivity index is 0.000000343. The molecule has 0 amide bonds. The minimum atomic E-state index is -0.609. The van der Waals surface area contributed by atoms with E-state index >= 15 is 0 Å². The zero-order chi connectivity index (χ0) is 65.1. The molecule has 0 radical (unpaired) electrons. The third-order valence-corrected chi connectivity index (χ3v) is 17.6. The number of hydrogen-bond donors (Lipinski definition) is 8. The van der Waals surface area contributed by atoms with Crippen molar-refractivity contribution in [3.05, 3.63) is 0 Å². The van der Waals surface area contributed by atoms with Crippen molar-refractivity contribution < 1.29 is 93.1 Å². The monoisotopic (exact) mass is 1240 g/mol. The number of aliphatic hydroxyl groups is 8. The molecule has 510 valence electrons. The summed E-state index contributed by atoms with van der Waals surface area (Å²) in [5.74, 6) is 1.25. The van der Waals surface area contributed by atoms with Gasteiger partial charge in [-0.1, -0.05) is 13.3 Å². The largest absolute Gasteiger partial charge is 0.396 e. The predicted molar refractivity (Wildman–Crippen MR) is 333 cm³/mol. The number of fused-ring (bicyclic) bond motifs is 1. The van der Waals surface area contributed by atoms with Crippen molar-refractivity contribution in [2.75, 3.05) is 46.2 Å². The molecule has 6 saturated carbocycles. The molecule has 2 saturated heterocycles. The smallest absolute Gasteiger partial charge is 0.138 e. The zero-order valence-electron chi connectivity index (χ0n) is 56.6. The van der Waals surface area contributed by atoms with E-state index < -0.39 is 24.4 Å². The summed E-state index contributed by atoms with van der Waals surface area (Å²) in [6.07, 6.45) is 15.8. The van der Waals surface area contributed by atoms with E-state index in [0.29, 0.717) is 62.9 Å². The van der Waals surface area contributed by atoms with Crippen molar-refractivity contribution in [2.45, 2.75) is 336 Å². The molecule has 0 aromatic rings. The van der Waals surface area contributed by atoms with Crippen LogP contribution in [0.4, 0.5) is 0 Å². The van der Waals surface area contributed by atoms with E-state index in [2.05, 4.69) is 34.6 Å². The Kier molecular flexibility index (Phi) is 38.8. The molecular formula is C67H128O19. The quantitative estimate of drug-likeness (QED) is 0.0506. The minimum Gasteiger partial charge on any atom is -0.396 e. The maximum atomic E-state index is 11.2. The van der Waals surface area contributed by atoms with Gasteiger partial charge < -0.3 is 83.5 Å². The lowest BCUT2D eigenvalue weighted by atomic mass is 9.65. The van der Waals surface area contributed by atoms with Gasteiger partial charge in [-0.15, -0.1) is 0 Å². The molecule has 8 rings (SSSR count). The zero-order valence-corrected chi connectivity index (χ0v) is 56.6. The lowest BCUT2D eigenvalue weighted by molar-refractivity contribution is -0.160. The van der Waals surface area contributed by atoms with Crippen LogP contribution in [0.5, 0.6) is 0 Å². The van der Waals surface area contributed by atoms with E-state index in [9.17, 15) is 30.0 Å². The third-order valence-electron chi connectivity index (χ3n) is 17.6. The lowest BCUT2D eigenvalue weighted by Gasteiger charge is -2.46. The summed E-state index contributed by atoms with van der Waals surface area (Å²) < 4.78 is 49.7. The van der Waals surface area contributed by atoms with Crippen LogP contribution < -0.4 is 0 Å². The van der Waals surface area contributed by atoms with Gasteiger partial charge in [0, 0.05) is 49.9 Å². The SMILES string of the molecule is CC(=O)C1(COC(C)C)CC1.CC(=O)[C@H]1CCC[C@H](OC(C)C)C1.CC(C)O[C@@H]1CC[C@@H](CO)[C@@H]1O.CC(C)O[C@@H]1CC[C@H]2[C@@H]1OC[C@H]2O.CC(C)O[C@H]1CC[C@H](CO)[C@H]1O.CC(C)O[C@H]1CO[C@H](CO)[C@@H](O)C1.CCC1(CO)CC(OC(C)C)C1. The Labute approximate surface area is 520 Å². The highest BCUT2D eigenvalue weighted by Crippen LogP contribution is 2.47. The number of rotatable bonds is 22. The molecule has 0 aromatic carbocycles. The standard InChI is InChI=1S/C11H20O2.C10H18O3.C10H20O2.C9H18O4.2C9H18O3.C9H16O2/c1-8(2)13-11-6-4-5-10(7-11)9(3)12;1-6(2)13-9-4-3-7-8(11)5-12-10(7)9;1-4-10(7-11)5-9(6-10)12-8(2)3;1-6(2)13-7-3-8(11)9(4-10)12-5-7;2*1-6(2)12-8-4-3-7(5-10)9(8)11;1-7(2)11-6-9(4-5-9)8(3)10/h8,10-11H,4-7H2,1-3H3;6-11H,3-5H2,1-2H3;8-9,11H,4-7H2,1-3H3;6-11H,3-5H2,1-2H3;2*6-11H,3-5H2,1-2H3;7H,4-6H2,1-3H3/t10-,11-;7-,8-,9-,10+;;3*7-,8+,9-;/m01.110./s1. The molecule has 6 aliphatic carbocycles. The highest BCUT2D eigenvalue weighted by Gasteiger charge is 2.48. The van der Waals surface area contributed by atoms with Crippen LogP contribution >= 0.6 is 0 Å². The Morgan fingerprint density at radius 2 is 0.988 bits per heavy atom. The molecular weight excluding hydrogens is 1110 g/mol. The molecule has 2 aliphatic heterocycles. The summed E-state index contributed by atoms with van der Waals surface area (Å²) >= 11 is 0. The van der Waals surface area contributed by atoms with Crippen molar-refractivity contribution in [3.8, 4) is 0 Å². The Morgan fingerprint density at radius 3 is 1.38 bits per heavy atom. The van der Waals surface area contributed by atoms with Crippen LogP contribution in [0.1, 0.15) is 220 Å². The molecule has 2 heterocycles. The van der Waals surface area contributed by atoms with Crippen LogP contribution in [0.15, 0.2) is 0 Å². The molecule has 0 unspecified atom stereocenters. The van der Waals surface area contributed by atoms with Gasteiger partial charge in [-0.2, -0.15) is 0 Å². The van der Waals surface area contributed by atoms with Gasteiger partial charge in [-0.25, -0.2) is 0 Å². The van der Waals surface area contributed by atoms with E-state index in [4.69, 9.17) is 63.1 Å². The first kappa shape index (κ1) is 80.8. The summed E-state index contributed by atoms with van der Waals surface area (Å²) in [5, 5.41) is 74.0. The minimum absolute atomic E-state index is 0.0220. The number of ketones is 2. The second kappa shape index (κ2) is 41.3. The molecule has 0 spiro atoms. The van der Waals surface area contributed by atoms with Gasteiger partial charge in [-0.05, 0) is 206 Å². The second-order valence-corrected chi connectivity index (χ2v) is 27.7. The molecule has 15 atom stereocenters. The fraction of sp³-hybridized carbons (Fsp3) is 0.970. The first-order valence-electron chi connectivity index (χ1n) is 33.3. The van der Waals surface area contributed by atoms with Gasteiger partial charge >= 0.3 is 0 Å². The summed E-state index contributed by atoms with van der Waals surface area (Å²) in [5.41, 5.74) is 0.115. The van der Waals surface area contributed by atoms with Crippen LogP contribution in [-0.4, -0.2) is 215 Å². The molecule has 0 aromatic heterocycles. The number of carbonyl (C=O) groups is 2. The van der Waals surface area contributed by atoms with Crippen LogP contribution in [0.2, 0.25) is 0 Å². The molecule has 19 nitrogen and oxygen atoms in total. The highest BCUT2D eigenvalue weighted by molar-refractivity contribution is 5.85. The topological polar surface area (TPSA) is 279 Å². The number of hydrogen-bond acceptors (Lipinski definition) is 19. The summed E-state index contributed by atoms with van der Waals surface area (Å²) in [6, 6.07) is 0. The average Bonchev–Trinajstić information content (AvgIpc) is 3.59. The Morgan fingerprint density at radius 1 is 0.512 bits per heavy atom. The number of aliphatic hydroxyl groups excluding tert-OH is 8. The normalized spacial score (nSPS) is 34.1. The number of Topliss-reactive ketones (excluding diaryl/α,β-unsaturated/α-hetero) is 2. The van der Waals surface area contributed by atoms with Gasteiger partial charge in [0.05, 0.1) is 142 Å². The van der Waals surface area contributed by atoms with E-state index in [0.717, 1.165) is 96.3 Å². The fourth-order valence-corrected chi connectivity index (χ4v) is 12.4.